The SMILES string of the molecule is CC1(CNc2ncnc3cc(N)ccc23)CCOCC1. The number of anilines is 2. The smallest absolute Gasteiger partial charge is 0.137 e. The summed E-state index contributed by atoms with van der Waals surface area (Å²) in [5.41, 5.74) is 7.65. The van der Waals surface area contributed by atoms with Crippen LogP contribution in [0.4, 0.5) is 11.5 Å². The first-order valence-electron chi connectivity index (χ1n) is 6.98. The van der Waals surface area contributed by atoms with E-state index in [2.05, 4.69) is 22.2 Å². The minimum Gasteiger partial charge on any atom is -0.399 e. The molecule has 3 rings (SSSR count). The van der Waals surface area contributed by atoms with E-state index in [0.717, 1.165) is 55.0 Å². The van der Waals surface area contributed by atoms with Gasteiger partial charge in [0.2, 0.25) is 0 Å². The van der Waals surface area contributed by atoms with Crippen molar-refractivity contribution in [2.24, 2.45) is 5.41 Å². The molecule has 2 heterocycles. The molecule has 1 aromatic carbocycles. The third kappa shape index (κ3) is 2.67. The van der Waals surface area contributed by atoms with Crippen LogP contribution in [0.5, 0.6) is 0 Å². The molecule has 3 N–H and O–H groups in total. The van der Waals surface area contributed by atoms with Gasteiger partial charge in [-0.05, 0) is 36.5 Å². The zero-order valence-electron chi connectivity index (χ0n) is 11.7. The van der Waals surface area contributed by atoms with E-state index in [1.165, 1.54) is 0 Å². The fourth-order valence-corrected chi connectivity index (χ4v) is 2.55. The van der Waals surface area contributed by atoms with Crippen LogP contribution in [-0.4, -0.2) is 29.7 Å². The third-order valence-corrected chi connectivity index (χ3v) is 4.04. The van der Waals surface area contributed by atoms with Crippen LogP contribution in [0, 0.1) is 5.41 Å². The molecule has 2 aromatic rings. The summed E-state index contributed by atoms with van der Waals surface area (Å²) in [6.07, 6.45) is 3.74. The average molecular weight is 272 g/mol. The van der Waals surface area contributed by atoms with Gasteiger partial charge < -0.3 is 15.8 Å². The van der Waals surface area contributed by atoms with Crippen LogP contribution in [0.15, 0.2) is 24.5 Å². The van der Waals surface area contributed by atoms with Crippen molar-refractivity contribution in [2.75, 3.05) is 30.8 Å². The Morgan fingerprint density at radius 3 is 2.90 bits per heavy atom. The summed E-state index contributed by atoms with van der Waals surface area (Å²) < 4.78 is 5.43. The first kappa shape index (κ1) is 13.1. The summed E-state index contributed by atoms with van der Waals surface area (Å²) in [5.74, 6) is 0.878. The van der Waals surface area contributed by atoms with Crippen LogP contribution in [-0.2, 0) is 4.74 Å². The molecule has 0 bridgehead atoms. The molecule has 5 heteroatoms. The molecule has 0 aliphatic carbocycles. The van der Waals surface area contributed by atoms with E-state index in [4.69, 9.17) is 10.5 Å². The minimum absolute atomic E-state index is 0.267. The summed E-state index contributed by atoms with van der Waals surface area (Å²) in [4.78, 5) is 8.62. The fraction of sp³-hybridized carbons (Fsp3) is 0.467. The lowest BCUT2D eigenvalue weighted by Gasteiger charge is -2.33. The Kier molecular flexibility index (Phi) is 3.44. The normalized spacial score (nSPS) is 18.1. The number of hydrogen-bond acceptors (Lipinski definition) is 5. The van der Waals surface area contributed by atoms with E-state index >= 15 is 0 Å². The van der Waals surface area contributed by atoms with E-state index in [1.807, 2.05) is 18.2 Å². The maximum Gasteiger partial charge on any atom is 0.137 e. The van der Waals surface area contributed by atoms with Gasteiger partial charge in [-0.25, -0.2) is 9.97 Å². The van der Waals surface area contributed by atoms with Crippen molar-refractivity contribution in [3.63, 3.8) is 0 Å². The predicted octanol–water partition coefficient (Wildman–Crippen LogP) is 2.44. The number of aromatic nitrogens is 2. The highest BCUT2D eigenvalue weighted by Crippen LogP contribution is 2.30. The van der Waals surface area contributed by atoms with Gasteiger partial charge in [0.25, 0.3) is 0 Å². The number of benzene rings is 1. The van der Waals surface area contributed by atoms with Crippen molar-refractivity contribution in [3.05, 3.63) is 24.5 Å². The van der Waals surface area contributed by atoms with E-state index in [9.17, 15) is 0 Å². The molecule has 1 fully saturated rings. The topological polar surface area (TPSA) is 73.1 Å². The molecule has 0 spiro atoms. The Morgan fingerprint density at radius 1 is 1.30 bits per heavy atom. The van der Waals surface area contributed by atoms with Crippen LogP contribution < -0.4 is 11.1 Å². The van der Waals surface area contributed by atoms with Crippen molar-refractivity contribution in [2.45, 2.75) is 19.8 Å². The Morgan fingerprint density at radius 2 is 2.10 bits per heavy atom. The molecule has 20 heavy (non-hydrogen) atoms. The summed E-state index contributed by atoms with van der Waals surface area (Å²) >= 11 is 0. The molecule has 0 atom stereocenters. The summed E-state index contributed by atoms with van der Waals surface area (Å²) in [6.45, 7) is 4.88. The van der Waals surface area contributed by atoms with Crippen LogP contribution >= 0.6 is 0 Å². The van der Waals surface area contributed by atoms with Crippen molar-refractivity contribution in [1.29, 1.82) is 0 Å². The zero-order valence-corrected chi connectivity index (χ0v) is 11.7. The molecule has 0 radical (unpaired) electrons. The van der Waals surface area contributed by atoms with Crippen molar-refractivity contribution in [1.82, 2.24) is 9.97 Å². The largest absolute Gasteiger partial charge is 0.399 e. The van der Waals surface area contributed by atoms with Crippen LogP contribution in [0.25, 0.3) is 10.9 Å². The molecule has 5 nitrogen and oxygen atoms in total. The van der Waals surface area contributed by atoms with Crippen LogP contribution in [0.1, 0.15) is 19.8 Å². The van der Waals surface area contributed by atoms with Gasteiger partial charge in [-0.1, -0.05) is 6.92 Å². The van der Waals surface area contributed by atoms with Gasteiger partial charge >= 0.3 is 0 Å². The molecular formula is C15H20N4O. The Labute approximate surface area is 118 Å². The number of fused-ring (bicyclic) bond motifs is 1. The van der Waals surface area contributed by atoms with E-state index in [0.29, 0.717) is 0 Å². The van der Waals surface area contributed by atoms with Gasteiger partial charge in [0.05, 0.1) is 5.52 Å². The predicted molar refractivity (Wildman–Crippen MR) is 80.6 cm³/mol. The average Bonchev–Trinajstić information content (AvgIpc) is 2.45. The number of hydrogen-bond donors (Lipinski definition) is 2. The molecule has 1 saturated heterocycles. The summed E-state index contributed by atoms with van der Waals surface area (Å²) in [7, 11) is 0. The molecule has 0 unspecified atom stereocenters. The second-order valence-electron chi connectivity index (χ2n) is 5.78. The standard InChI is InChI=1S/C15H20N4O/c1-15(4-6-20-7-5-15)9-17-14-12-3-2-11(16)8-13(12)18-10-19-14/h2-3,8,10H,4-7,9,16H2,1H3,(H,17,18,19). The van der Waals surface area contributed by atoms with Crippen LogP contribution in [0.2, 0.25) is 0 Å². The number of nitrogens with one attached hydrogen (secondary N) is 1. The Bertz CT molecular complexity index is 608. The van der Waals surface area contributed by atoms with Gasteiger partial charge in [-0.2, -0.15) is 0 Å². The second-order valence-corrected chi connectivity index (χ2v) is 5.78. The monoisotopic (exact) mass is 272 g/mol. The molecular weight excluding hydrogens is 252 g/mol. The molecule has 0 saturated carbocycles. The number of nitrogens with two attached hydrogens (primary N) is 1. The number of ether oxygens (including phenoxy) is 1. The molecule has 1 aliphatic rings. The Hall–Kier alpha value is -1.88. The highest BCUT2D eigenvalue weighted by Gasteiger charge is 2.27. The third-order valence-electron chi connectivity index (χ3n) is 4.04. The molecule has 0 amide bonds. The summed E-state index contributed by atoms with van der Waals surface area (Å²) in [5, 5.41) is 4.48. The van der Waals surface area contributed by atoms with E-state index < -0.39 is 0 Å². The lowest BCUT2D eigenvalue weighted by Crippen LogP contribution is -2.33. The minimum atomic E-state index is 0.267. The summed E-state index contributed by atoms with van der Waals surface area (Å²) in [6, 6.07) is 5.73. The van der Waals surface area contributed by atoms with Crippen molar-refractivity contribution < 1.29 is 4.74 Å². The van der Waals surface area contributed by atoms with E-state index in [1.54, 1.807) is 6.33 Å². The fourth-order valence-electron chi connectivity index (χ4n) is 2.55. The molecule has 1 aromatic heterocycles. The lowest BCUT2D eigenvalue weighted by molar-refractivity contribution is 0.0300. The highest BCUT2D eigenvalue weighted by molar-refractivity contribution is 5.90. The number of nitrogen functional groups attached to an aromatic ring is 1. The second kappa shape index (κ2) is 5.25. The molecule has 106 valence electrons. The van der Waals surface area contributed by atoms with Gasteiger partial charge in [0, 0.05) is 30.8 Å². The van der Waals surface area contributed by atoms with Gasteiger partial charge in [-0.3, -0.25) is 0 Å². The number of rotatable bonds is 3. The first-order chi connectivity index (χ1) is 9.66. The zero-order chi connectivity index (χ0) is 14.0. The van der Waals surface area contributed by atoms with Crippen molar-refractivity contribution in [3.8, 4) is 0 Å². The van der Waals surface area contributed by atoms with Crippen molar-refractivity contribution >= 4 is 22.4 Å². The maximum atomic E-state index is 5.79. The Balaban J connectivity index is 1.80. The quantitative estimate of drug-likeness (QED) is 0.840. The van der Waals surface area contributed by atoms with Crippen LogP contribution in [0.3, 0.4) is 0 Å². The van der Waals surface area contributed by atoms with Gasteiger partial charge in [-0.15, -0.1) is 0 Å². The molecule has 1 aliphatic heterocycles. The van der Waals surface area contributed by atoms with Gasteiger partial charge in [0.1, 0.15) is 12.1 Å². The first-order valence-corrected chi connectivity index (χ1v) is 6.98. The van der Waals surface area contributed by atoms with E-state index in [-0.39, 0.29) is 5.41 Å². The highest BCUT2D eigenvalue weighted by atomic mass is 16.5. The lowest BCUT2D eigenvalue weighted by atomic mass is 9.82. The number of nitrogens with zero attached hydrogens (tertiary/aromatic N) is 2. The maximum absolute atomic E-state index is 5.79. The van der Waals surface area contributed by atoms with Gasteiger partial charge in [0.15, 0.2) is 0 Å².